The maximum absolute atomic E-state index is 12.2. The van der Waals surface area contributed by atoms with E-state index in [1.807, 2.05) is 41.8 Å². The molecule has 1 N–H and O–H groups in total. The van der Waals surface area contributed by atoms with Gasteiger partial charge in [-0.25, -0.2) is 4.79 Å². The normalized spacial score (nSPS) is 14.6. The van der Waals surface area contributed by atoms with Crippen LogP contribution >= 0.6 is 11.8 Å². The van der Waals surface area contributed by atoms with Gasteiger partial charge in [-0.15, -0.1) is 10.2 Å². The van der Waals surface area contributed by atoms with Crippen molar-refractivity contribution in [2.24, 2.45) is 0 Å². The summed E-state index contributed by atoms with van der Waals surface area (Å²) in [6, 6.07) is 9.20. The third-order valence-electron chi connectivity index (χ3n) is 4.16. The fourth-order valence-electron chi connectivity index (χ4n) is 2.79. The van der Waals surface area contributed by atoms with E-state index in [4.69, 9.17) is 4.74 Å². The van der Waals surface area contributed by atoms with Crippen LogP contribution in [0, 0.1) is 0 Å². The van der Waals surface area contributed by atoms with Crippen LogP contribution in [0.2, 0.25) is 0 Å². The van der Waals surface area contributed by atoms with E-state index in [1.165, 1.54) is 18.7 Å². The van der Waals surface area contributed by atoms with Gasteiger partial charge in [0.25, 0.3) is 5.91 Å². The summed E-state index contributed by atoms with van der Waals surface area (Å²) in [6.45, 7) is 4.75. The zero-order chi connectivity index (χ0) is 20.1. The summed E-state index contributed by atoms with van der Waals surface area (Å²) in [7, 11) is 0. The molecule has 1 saturated heterocycles. The minimum absolute atomic E-state index is 0.0171. The zero-order valence-electron chi connectivity index (χ0n) is 15.6. The molecule has 148 valence electrons. The van der Waals surface area contributed by atoms with Crippen molar-refractivity contribution in [3.63, 3.8) is 0 Å². The van der Waals surface area contributed by atoms with Gasteiger partial charge in [0.15, 0.2) is 17.1 Å². The van der Waals surface area contributed by atoms with Crippen molar-refractivity contribution >= 4 is 29.7 Å². The van der Waals surface area contributed by atoms with Gasteiger partial charge in [0.2, 0.25) is 0 Å². The Balaban J connectivity index is 1.58. The number of urea groups is 1. The van der Waals surface area contributed by atoms with Crippen LogP contribution in [0.25, 0.3) is 11.4 Å². The maximum Gasteiger partial charge on any atom is 0.324 e. The Kier molecular flexibility index (Phi) is 6.30. The van der Waals surface area contributed by atoms with E-state index >= 15 is 0 Å². The average Bonchev–Trinajstić information content (AvgIpc) is 3.32. The minimum Gasteiger partial charge on any atom is -0.452 e. The molecular weight excluding hydrogens is 382 g/mol. The highest BCUT2D eigenvalue weighted by Gasteiger charge is 2.31. The molecule has 1 aromatic heterocycles. The number of hydrogen-bond acceptors (Lipinski definition) is 7. The summed E-state index contributed by atoms with van der Waals surface area (Å²) >= 11 is 1.19. The monoisotopic (exact) mass is 403 g/mol. The summed E-state index contributed by atoms with van der Waals surface area (Å²) < 4.78 is 7.08. The summed E-state index contributed by atoms with van der Waals surface area (Å²) in [5, 5.41) is 11.5. The van der Waals surface area contributed by atoms with E-state index < -0.39 is 24.0 Å². The first kappa shape index (κ1) is 19.9. The van der Waals surface area contributed by atoms with Crippen LogP contribution in [0.1, 0.15) is 13.8 Å². The summed E-state index contributed by atoms with van der Waals surface area (Å²) in [4.78, 5) is 36.9. The highest BCUT2D eigenvalue weighted by atomic mass is 32.2. The second kappa shape index (κ2) is 8.87. The van der Waals surface area contributed by atoms with Crippen LogP contribution in [-0.4, -0.2) is 62.5 Å². The number of rotatable bonds is 7. The van der Waals surface area contributed by atoms with Gasteiger partial charge in [-0.3, -0.25) is 14.5 Å². The molecule has 3 amide bonds. The average molecular weight is 403 g/mol. The molecule has 2 aromatic rings. The number of hydrogen-bond donors (Lipinski definition) is 1. The lowest BCUT2D eigenvalue weighted by molar-refractivity contribution is -0.155. The molecule has 1 aliphatic rings. The number of carbonyl (C=O) groups excluding carboxylic acids is 3. The minimum atomic E-state index is -1.03. The molecule has 10 heteroatoms. The van der Waals surface area contributed by atoms with Crippen molar-refractivity contribution in [1.29, 1.82) is 0 Å². The van der Waals surface area contributed by atoms with E-state index in [9.17, 15) is 14.4 Å². The molecule has 1 atom stereocenters. The van der Waals surface area contributed by atoms with Gasteiger partial charge in [0.05, 0.1) is 5.75 Å². The Hall–Kier alpha value is -2.88. The predicted molar refractivity (Wildman–Crippen MR) is 103 cm³/mol. The Labute approximate surface area is 166 Å². The fraction of sp³-hybridized carbons (Fsp3) is 0.389. The quantitative estimate of drug-likeness (QED) is 0.552. The molecule has 1 aliphatic heterocycles. The van der Waals surface area contributed by atoms with Crippen molar-refractivity contribution < 1.29 is 19.1 Å². The smallest absolute Gasteiger partial charge is 0.324 e. The van der Waals surface area contributed by atoms with Gasteiger partial charge in [-0.2, -0.15) is 0 Å². The van der Waals surface area contributed by atoms with E-state index in [0.717, 1.165) is 16.3 Å². The van der Waals surface area contributed by atoms with Crippen LogP contribution in [-0.2, 0) is 20.9 Å². The molecule has 1 fully saturated rings. The van der Waals surface area contributed by atoms with Gasteiger partial charge >= 0.3 is 12.0 Å². The van der Waals surface area contributed by atoms with Gasteiger partial charge in [0.1, 0.15) is 0 Å². The molecule has 0 unspecified atom stereocenters. The lowest BCUT2D eigenvalue weighted by atomic mass is 10.2. The SMILES string of the molecule is CCn1c(SCC(=O)O[C@@H](C)C(=O)N2CCNC2=O)nnc1-c1ccccc1. The molecule has 3 rings (SSSR count). The molecule has 0 spiro atoms. The predicted octanol–water partition coefficient (Wildman–Crippen LogP) is 1.54. The number of esters is 1. The van der Waals surface area contributed by atoms with Crippen LogP contribution in [0.3, 0.4) is 0 Å². The van der Waals surface area contributed by atoms with E-state index in [0.29, 0.717) is 18.2 Å². The molecule has 9 nitrogen and oxygen atoms in total. The first-order valence-corrected chi connectivity index (χ1v) is 9.90. The van der Waals surface area contributed by atoms with Gasteiger partial charge in [-0.1, -0.05) is 42.1 Å². The number of benzene rings is 1. The highest BCUT2D eigenvalue weighted by Crippen LogP contribution is 2.24. The van der Waals surface area contributed by atoms with Crippen molar-refractivity contribution in [2.75, 3.05) is 18.8 Å². The number of ether oxygens (including phenoxy) is 1. The summed E-state index contributed by atoms with van der Waals surface area (Å²) in [6.07, 6.45) is -1.03. The molecule has 0 aliphatic carbocycles. The molecular formula is C18H21N5O4S. The first-order chi connectivity index (χ1) is 13.5. The number of amides is 3. The Bertz CT molecular complexity index is 870. The molecule has 28 heavy (non-hydrogen) atoms. The third kappa shape index (κ3) is 4.33. The third-order valence-corrected chi connectivity index (χ3v) is 5.10. The zero-order valence-corrected chi connectivity index (χ0v) is 16.4. The number of carbonyl (C=O) groups is 3. The van der Waals surface area contributed by atoms with Crippen LogP contribution in [0.15, 0.2) is 35.5 Å². The van der Waals surface area contributed by atoms with Crippen molar-refractivity contribution in [3.05, 3.63) is 30.3 Å². The maximum atomic E-state index is 12.2. The number of aromatic nitrogens is 3. The van der Waals surface area contributed by atoms with Crippen molar-refractivity contribution in [1.82, 2.24) is 25.0 Å². The number of thioether (sulfide) groups is 1. The van der Waals surface area contributed by atoms with Crippen LogP contribution in [0.5, 0.6) is 0 Å². The standard InChI is InChI=1S/C18H21N5O4S/c1-3-22-15(13-7-5-4-6-8-13)20-21-18(22)28-11-14(24)27-12(2)16(25)23-10-9-19-17(23)26/h4-8,12H,3,9-11H2,1-2H3,(H,19,26)/t12-/m0/s1. The number of nitrogens with one attached hydrogen (secondary N) is 1. The highest BCUT2D eigenvalue weighted by molar-refractivity contribution is 7.99. The molecule has 0 bridgehead atoms. The second-order valence-electron chi connectivity index (χ2n) is 6.06. The van der Waals surface area contributed by atoms with E-state index in [1.54, 1.807) is 0 Å². The Morgan fingerprint density at radius 3 is 2.68 bits per heavy atom. The second-order valence-corrected chi connectivity index (χ2v) is 7.00. The largest absolute Gasteiger partial charge is 0.452 e. The summed E-state index contributed by atoms with van der Waals surface area (Å²) in [5.41, 5.74) is 0.939. The van der Waals surface area contributed by atoms with Crippen LogP contribution in [0.4, 0.5) is 4.79 Å². The Morgan fingerprint density at radius 1 is 1.29 bits per heavy atom. The number of imide groups is 1. The van der Waals surface area contributed by atoms with E-state index in [-0.39, 0.29) is 12.3 Å². The van der Waals surface area contributed by atoms with Crippen molar-refractivity contribution in [3.8, 4) is 11.4 Å². The van der Waals surface area contributed by atoms with Crippen LogP contribution < -0.4 is 5.32 Å². The fourth-order valence-corrected chi connectivity index (χ4v) is 3.57. The topological polar surface area (TPSA) is 106 Å². The van der Waals surface area contributed by atoms with E-state index in [2.05, 4.69) is 15.5 Å². The number of nitrogens with zero attached hydrogens (tertiary/aromatic N) is 4. The molecule has 0 radical (unpaired) electrons. The lowest BCUT2D eigenvalue weighted by Gasteiger charge is -2.18. The van der Waals surface area contributed by atoms with Crippen molar-refractivity contribution in [2.45, 2.75) is 31.7 Å². The van der Waals surface area contributed by atoms with Gasteiger partial charge in [-0.05, 0) is 13.8 Å². The molecule has 1 aromatic carbocycles. The van der Waals surface area contributed by atoms with Gasteiger partial charge < -0.3 is 14.6 Å². The first-order valence-electron chi connectivity index (χ1n) is 8.91. The summed E-state index contributed by atoms with van der Waals surface area (Å²) in [5.74, 6) is -0.382. The lowest BCUT2D eigenvalue weighted by Crippen LogP contribution is -2.42. The van der Waals surface area contributed by atoms with Gasteiger partial charge in [0, 0.05) is 25.2 Å². The Morgan fingerprint density at radius 2 is 2.04 bits per heavy atom. The molecule has 2 heterocycles. The molecule has 0 saturated carbocycles.